The highest BCUT2D eigenvalue weighted by Crippen LogP contribution is 2.28. The first kappa shape index (κ1) is 18.6. The molecule has 0 saturated carbocycles. The van der Waals surface area contributed by atoms with Gasteiger partial charge in [0.05, 0.1) is 12.2 Å². The Bertz CT molecular complexity index is 1330. The minimum Gasteiger partial charge on any atom is -0.383 e. The number of rotatable bonds is 5. The average Bonchev–Trinajstić information content (AvgIpc) is 3.46. The fourth-order valence-corrected chi connectivity index (χ4v) is 3.26. The summed E-state index contributed by atoms with van der Waals surface area (Å²) in [5.74, 6) is 0.364. The average molecular weight is 413 g/mol. The molecule has 1 aromatic carbocycles. The van der Waals surface area contributed by atoms with Crippen LogP contribution in [-0.4, -0.2) is 29.9 Å². The monoisotopic (exact) mass is 413 g/mol. The lowest BCUT2D eigenvalue weighted by Crippen LogP contribution is -2.06. The third-order valence-corrected chi connectivity index (χ3v) is 4.80. The van der Waals surface area contributed by atoms with Gasteiger partial charge in [0.25, 0.3) is 0 Å². The lowest BCUT2D eigenvalue weighted by atomic mass is 10.1. The molecule has 0 atom stereocenters. The van der Waals surface area contributed by atoms with E-state index in [1.165, 1.54) is 12.3 Å². The van der Waals surface area contributed by atoms with Crippen molar-refractivity contribution in [2.45, 2.75) is 6.54 Å². The molecule has 0 fully saturated rings. The van der Waals surface area contributed by atoms with Gasteiger partial charge in [-0.1, -0.05) is 23.4 Å². The van der Waals surface area contributed by atoms with Crippen LogP contribution in [0.25, 0.3) is 34.0 Å². The van der Waals surface area contributed by atoms with Crippen LogP contribution in [0.4, 0.5) is 10.2 Å². The summed E-state index contributed by atoms with van der Waals surface area (Å²) in [7, 11) is 0. The summed E-state index contributed by atoms with van der Waals surface area (Å²) in [6.07, 6.45) is 6.47. The Balaban J connectivity index is 1.56. The molecule has 0 saturated heterocycles. The molecule has 4 aromatic heterocycles. The van der Waals surface area contributed by atoms with E-state index in [-0.39, 0.29) is 12.4 Å². The van der Waals surface area contributed by atoms with Gasteiger partial charge in [0.15, 0.2) is 5.82 Å². The molecule has 31 heavy (non-hydrogen) atoms. The van der Waals surface area contributed by atoms with E-state index in [9.17, 15) is 4.39 Å². The first-order valence-electron chi connectivity index (χ1n) is 9.44. The second kappa shape index (κ2) is 7.79. The Kier molecular flexibility index (Phi) is 4.68. The number of nitrogen functional groups attached to an aromatic ring is 1. The molecule has 4 heterocycles. The van der Waals surface area contributed by atoms with Crippen LogP contribution in [0, 0.1) is 5.82 Å². The minimum atomic E-state index is -0.312. The second-order valence-electron chi connectivity index (χ2n) is 6.78. The number of nitrogens with two attached hydrogens (primary N) is 1. The predicted octanol–water partition coefficient (Wildman–Crippen LogP) is 3.83. The maximum Gasteiger partial charge on any atom is 0.182 e. The highest BCUT2D eigenvalue weighted by atomic mass is 19.1. The largest absolute Gasteiger partial charge is 0.383 e. The van der Waals surface area contributed by atoms with E-state index in [0.29, 0.717) is 39.9 Å². The highest BCUT2D eigenvalue weighted by Gasteiger charge is 2.18. The summed E-state index contributed by atoms with van der Waals surface area (Å²) < 4.78 is 20.8. The number of hydrogen-bond donors (Lipinski definition) is 1. The van der Waals surface area contributed by atoms with Crippen LogP contribution < -0.4 is 5.73 Å². The third-order valence-electron chi connectivity index (χ3n) is 4.80. The zero-order chi connectivity index (χ0) is 21.2. The van der Waals surface area contributed by atoms with Gasteiger partial charge < -0.3 is 10.3 Å². The first-order chi connectivity index (χ1) is 15.2. The van der Waals surface area contributed by atoms with Crippen molar-refractivity contribution < 1.29 is 8.91 Å². The molecule has 5 aromatic rings. The maximum atomic E-state index is 14.2. The van der Waals surface area contributed by atoms with Crippen molar-refractivity contribution in [2.24, 2.45) is 0 Å². The molecule has 0 amide bonds. The van der Waals surface area contributed by atoms with E-state index >= 15 is 0 Å². The zero-order valence-electron chi connectivity index (χ0n) is 16.2. The molecule has 8 nitrogen and oxygen atoms in total. The third kappa shape index (κ3) is 3.64. The van der Waals surface area contributed by atoms with Gasteiger partial charge in [-0.05, 0) is 29.8 Å². The summed E-state index contributed by atoms with van der Waals surface area (Å²) in [6, 6.07) is 13.7. The molecule has 0 aliphatic carbocycles. The molecule has 2 N–H and O–H groups in total. The van der Waals surface area contributed by atoms with Gasteiger partial charge in [-0.3, -0.25) is 9.67 Å². The number of halogens is 1. The lowest BCUT2D eigenvalue weighted by molar-refractivity contribution is 0.421. The maximum absolute atomic E-state index is 14.2. The van der Waals surface area contributed by atoms with Gasteiger partial charge in [0, 0.05) is 35.8 Å². The normalized spacial score (nSPS) is 11.0. The van der Waals surface area contributed by atoms with Gasteiger partial charge >= 0.3 is 0 Å². The molecule has 0 aliphatic heterocycles. The standard InChI is InChI=1S/C22H16FN7O/c23-17-4-2-1-3-15(17)13-30-20(18-7-10-31-29-18)11-19(28-30)22-26-12-16(21(24)27-22)14-5-8-25-9-6-14/h1-12H,13H2,(H2,24,26,27). The van der Waals surface area contributed by atoms with E-state index in [1.54, 1.807) is 53.6 Å². The van der Waals surface area contributed by atoms with Gasteiger partial charge in [0.2, 0.25) is 0 Å². The summed E-state index contributed by atoms with van der Waals surface area (Å²) >= 11 is 0. The van der Waals surface area contributed by atoms with Gasteiger partial charge in [-0.15, -0.1) is 0 Å². The predicted molar refractivity (Wildman–Crippen MR) is 112 cm³/mol. The molecule has 5 rings (SSSR count). The number of nitrogens with zero attached hydrogens (tertiary/aromatic N) is 6. The molecular weight excluding hydrogens is 397 g/mol. The second-order valence-corrected chi connectivity index (χ2v) is 6.78. The van der Waals surface area contributed by atoms with Crippen molar-refractivity contribution in [1.29, 1.82) is 0 Å². The Morgan fingerprint density at radius 1 is 1.03 bits per heavy atom. The number of benzene rings is 1. The fourth-order valence-electron chi connectivity index (χ4n) is 3.26. The van der Waals surface area contributed by atoms with Crippen molar-refractivity contribution in [2.75, 3.05) is 5.73 Å². The molecule has 0 radical (unpaired) electrons. The van der Waals surface area contributed by atoms with E-state index < -0.39 is 0 Å². The van der Waals surface area contributed by atoms with Gasteiger partial charge in [-0.2, -0.15) is 5.10 Å². The van der Waals surface area contributed by atoms with Crippen LogP contribution in [0.1, 0.15) is 5.56 Å². The van der Waals surface area contributed by atoms with E-state index in [2.05, 4.69) is 25.2 Å². The number of pyridine rings is 1. The summed E-state index contributed by atoms with van der Waals surface area (Å²) in [6.45, 7) is 0.208. The van der Waals surface area contributed by atoms with Gasteiger partial charge in [-0.25, -0.2) is 14.4 Å². The van der Waals surface area contributed by atoms with Crippen LogP contribution in [0.5, 0.6) is 0 Å². The molecule has 0 bridgehead atoms. The van der Waals surface area contributed by atoms with Crippen molar-refractivity contribution in [1.82, 2.24) is 29.9 Å². The van der Waals surface area contributed by atoms with Crippen molar-refractivity contribution in [3.05, 3.63) is 84.8 Å². The smallest absolute Gasteiger partial charge is 0.182 e. The Hall–Kier alpha value is -4.40. The quantitative estimate of drug-likeness (QED) is 0.466. The number of aromatic nitrogens is 6. The number of hydrogen-bond acceptors (Lipinski definition) is 7. The van der Waals surface area contributed by atoms with Crippen LogP contribution >= 0.6 is 0 Å². The topological polar surface area (TPSA) is 109 Å². The minimum absolute atomic E-state index is 0.208. The number of anilines is 1. The molecule has 0 spiro atoms. The fraction of sp³-hybridized carbons (Fsp3) is 0.0455. The molecular formula is C22H16FN7O. The van der Waals surface area contributed by atoms with E-state index in [0.717, 1.165) is 5.56 Å². The summed E-state index contributed by atoms with van der Waals surface area (Å²) in [5.41, 5.74) is 9.96. The Morgan fingerprint density at radius 2 is 1.87 bits per heavy atom. The SMILES string of the molecule is Nc1nc(-c2cc(-c3ccon3)n(Cc3ccccc3F)n2)ncc1-c1ccncc1. The van der Waals surface area contributed by atoms with Crippen LogP contribution in [0.2, 0.25) is 0 Å². The van der Waals surface area contributed by atoms with Crippen molar-refractivity contribution in [3.8, 4) is 34.0 Å². The van der Waals surface area contributed by atoms with E-state index in [1.807, 2.05) is 12.1 Å². The first-order valence-corrected chi connectivity index (χ1v) is 9.44. The lowest BCUT2D eigenvalue weighted by Gasteiger charge is -2.07. The zero-order valence-corrected chi connectivity index (χ0v) is 16.2. The summed E-state index contributed by atoms with van der Waals surface area (Å²) in [4.78, 5) is 12.9. The van der Waals surface area contributed by atoms with Crippen molar-refractivity contribution in [3.63, 3.8) is 0 Å². The van der Waals surface area contributed by atoms with Crippen LogP contribution in [0.3, 0.4) is 0 Å². The van der Waals surface area contributed by atoms with Crippen molar-refractivity contribution >= 4 is 5.82 Å². The Morgan fingerprint density at radius 3 is 2.61 bits per heavy atom. The molecule has 0 aliphatic rings. The van der Waals surface area contributed by atoms with Gasteiger partial charge in [0.1, 0.15) is 29.3 Å². The Labute approximate surface area is 176 Å². The van der Waals surface area contributed by atoms with Crippen LogP contribution in [0.15, 0.2) is 77.9 Å². The highest BCUT2D eigenvalue weighted by molar-refractivity contribution is 5.74. The molecule has 9 heteroatoms. The summed E-state index contributed by atoms with van der Waals surface area (Å²) in [5, 5.41) is 8.58. The van der Waals surface area contributed by atoms with Crippen LogP contribution in [-0.2, 0) is 6.54 Å². The van der Waals surface area contributed by atoms with E-state index in [4.69, 9.17) is 10.3 Å². The molecule has 0 unspecified atom stereocenters. The molecule has 152 valence electrons.